The number of aryl methyl sites for hydroxylation is 1. The van der Waals surface area contributed by atoms with Crippen LogP contribution in [0.15, 0.2) is 36.4 Å². The first-order valence-corrected chi connectivity index (χ1v) is 8.50. The van der Waals surface area contributed by atoms with Crippen molar-refractivity contribution in [3.8, 4) is 0 Å². The van der Waals surface area contributed by atoms with Crippen LogP contribution in [0.25, 0.3) is 0 Å². The van der Waals surface area contributed by atoms with E-state index < -0.39 is 0 Å². The van der Waals surface area contributed by atoms with E-state index in [4.69, 9.17) is 11.6 Å². The predicted octanol–water partition coefficient (Wildman–Crippen LogP) is 5.17. The largest absolute Gasteiger partial charge is 0.310 e. The van der Waals surface area contributed by atoms with Crippen molar-refractivity contribution >= 4 is 22.9 Å². The molecular formula is C17H20ClNS. The quantitative estimate of drug-likeness (QED) is 0.803. The maximum Gasteiger partial charge on any atom is 0.0934 e. The lowest BCUT2D eigenvalue weighted by atomic mass is 9.98. The van der Waals surface area contributed by atoms with Gasteiger partial charge in [-0.1, -0.05) is 48.9 Å². The summed E-state index contributed by atoms with van der Waals surface area (Å²) in [5.41, 5.74) is 2.87. The highest BCUT2D eigenvalue weighted by Crippen LogP contribution is 2.39. The van der Waals surface area contributed by atoms with Crippen LogP contribution in [0.1, 0.15) is 47.7 Å². The lowest BCUT2D eigenvalue weighted by Crippen LogP contribution is -2.21. The minimum atomic E-state index is 0.511. The van der Waals surface area contributed by atoms with Gasteiger partial charge in [0.25, 0.3) is 0 Å². The van der Waals surface area contributed by atoms with Crippen LogP contribution < -0.4 is 5.32 Å². The number of nitrogens with one attached hydrogen (secondary N) is 1. The third-order valence-electron chi connectivity index (χ3n) is 4.18. The van der Waals surface area contributed by atoms with E-state index in [0.29, 0.717) is 12.0 Å². The third-order valence-corrected chi connectivity index (χ3v) is 5.52. The fraction of sp³-hybridized carbons (Fsp3) is 0.412. The summed E-state index contributed by atoms with van der Waals surface area (Å²) in [4.78, 5) is 1.48. The summed E-state index contributed by atoms with van der Waals surface area (Å²) in [5, 5.41) is 3.70. The molecule has 2 aromatic rings. The normalized spacial score (nSPS) is 19.0. The molecule has 1 aromatic heterocycles. The van der Waals surface area contributed by atoms with E-state index in [0.717, 1.165) is 10.9 Å². The Morgan fingerprint density at radius 3 is 2.95 bits per heavy atom. The number of thiophene rings is 1. The molecule has 0 spiro atoms. The van der Waals surface area contributed by atoms with Gasteiger partial charge in [0.1, 0.15) is 0 Å². The van der Waals surface area contributed by atoms with Gasteiger partial charge in [-0.3, -0.25) is 0 Å². The second-order valence-electron chi connectivity index (χ2n) is 5.57. The zero-order valence-corrected chi connectivity index (χ0v) is 13.3. The number of benzene rings is 1. The molecule has 2 unspecified atom stereocenters. The summed E-state index contributed by atoms with van der Waals surface area (Å²) in [7, 11) is 0. The Morgan fingerprint density at radius 2 is 2.15 bits per heavy atom. The smallest absolute Gasteiger partial charge is 0.0934 e. The lowest BCUT2D eigenvalue weighted by molar-refractivity contribution is 0.501. The summed E-state index contributed by atoms with van der Waals surface area (Å²) in [6.07, 6.45) is 3.57. The van der Waals surface area contributed by atoms with Crippen LogP contribution in [0.2, 0.25) is 4.34 Å². The van der Waals surface area contributed by atoms with Crippen molar-refractivity contribution in [2.75, 3.05) is 6.54 Å². The van der Waals surface area contributed by atoms with E-state index in [1.54, 1.807) is 11.3 Å². The molecule has 0 saturated carbocycles. The van der Waals surface area contributed by atoms with Crippen molar-refractivity contribution < 1.29 is 0 Å². The fourth-order valence-electron chi connectivity index (χ4n) is 2.96. The SMILES string of the molecule is CC(CCNC1CCc2sc(Cl)cc21)c1ccccc1. The minimum Gasteiger partial charge on any atom is -0.310 e. The topological polar surface area (TPSA) is 12.0 Å². The van der Waals surface area contributed by atoms with Crippen molar-refractivity contribution in [3.05, 3.63) is 56.7 Å². The van der Waals surface area contributed by atoms with Gasteiger partial charge in [-0.15, -0.1) is 11.3 Å². The zero-order valence-electron chi connectivity index (χ0n) is 11.7. The van der Waals surface area contributed by atoms with Gasteiger partial charge in [0.15, 0.2) is 0 Å². The minimum absolute atomic E-state index is 0.511. The van der Waals surface area contributed by atoms with Gasteiger partial charge >= 0.3 is 0 Å². The van der Waals surface area contributed by atoms with Crippen LogP contribution in [0, 0.1) is 0 Å². The number of fused-ring (bicyclic) bond motifs is 1. The summed E-state index contributed by atoms with van der Waals surface area (Å²) in [6.45, 7) is 3.37. The fourth-order valence-corrected chi connectivity index (χ4v) is 4.32. The van der Waals surface area contributed by atoms with Gasteiger partial charge in [-0.25, -0.2) is 0 Å². The molecule has 0 saturated heterocycles. The Labute approximate surface area is 130 Å². The maximum absolute atomic E-state index is 6.10. The van der Waals surface area contributed by atoms with E-state index >= 15 is 0 Å². The second kappa shape index (κ2) is 6.30. The summed E-state index contributed by atoms with van der Waals surface area (Å²) >= 11 is 7.84. The second-order valence-corrected chi connectivity index (χ2v) is 7.34. The van der Waals surface area contributed by atoms with Crippen LogP contribution in [0.3, 0.4) is 0 Å². The van der Waals surface area contributed by atoms with Gasteiger partial charge in [0.05, 0.1) is 4.34 Å². The Bertz CT molecular complexity index is 564. The lowest BCUT2D eigenvalue weighted by Gasteiger charge is -2.16. The molecular weight excluding hydrogens is 286 g/mol. The Balaban J connectivity index is 1.51. The van der Waals surface area contributed by atoms with Crippen LogP contribution >= 0.6 is 22.9 Å². The molecule has 106 valence electrons. The Kier molecular flexibility index (Phi) is 4.45. The Morgan fingerprint density at radius 1 is 1.35 bits per heavy atom. The van der Waals surface area contributed by atoms with Crippen molar-refractivity contribution in [2.24, 2.45) is 0 Å². The molecule has 0 radical (unpaired) electrons. The molecule has 0 aliphatic heterocycles. The molecule has 0 amide bonds. The maximum atomic E-state index is 6.10. The van der Waals surface area contributed by atoms with E-state index in [-0.39, 0.29) is 0 Å². The third kappa shape index (κ3) is 3.08. The molecule has 1 nitrogen and oxygen atoms in total. The number of rotatable bonds is 5. The van der Waals surface area contributed by atoms with E-state index in [1.165, 1.54) is 35.3 Å². The highest BCUT2D eigenvalue weighted by molar-refractivity contribution is 7.16. The van der Waals surface area contributed by atoms with Crippen LogP contribution in [-0.4, -0.2) is 6.54 Å². The first kappa shape index (κ1) is 14.1. The summed E-state index contributed by atoms with van der Waals surface area (Å²) in [6, 6.07) is 13.4. The van der Waals surface area contributed by atoms with Gasteiger partial charge in [0, 0.05) is 10.9 Å². The first-order valence-electron chi connectivity index (χ1n) is 7.30. The summed E-state index contributed by atoms with van der Waals surface area (Å²) < 4.78 is 0.930. The van der Waals surface area contributed by atoms with Crippen LogP contribution in [0.4, 0.5) is 0 Å². The van der Waals surface area contributed by atoms with Gasteiger partial charge in [-0.05, 0) is 48.9 Å². The van der Waals surface area contributed by atoms with Crippen molar-refractivity contribution in [3.63, 3.8) is 0 Å². The van der Waals surface area contributed by atoms with Crippen LogP contribution in [-0.2, 0) is 6.42 Å². The van der Waals surface area contributed by atoms with Gasteiger partial charge < -0.3 is 5.32 Å². The average molecular weight is 306 g/mol. The molecule has 20 heavy (non-hydrogen) atoms. The Hall–Kier alpha value is -0.830. The number of hydrogen-bond acceptors (Lipinski definition) is 2. The van der Waals surface area contributed by atoms with Crippen molar-refractivity contribution in [1.82, 2.24) is 5.32 Å². The molecule has 1 aliphatic carbocycles. The monoisotopic (exact) mass is 305 g/mol. The molecule has 3 heteroatoms. The van der Waals surface area contributed by atoms with E-state index in [9.17, 15) is 0 Å². The zero-order chi connectivity index (χ0) is 13.9. The standard InChI is InChI=1S/C17H20ClNS/c1-12(13-5-3-2-4-6-13)9-10-19-15-7-8-16-14(15)11-17(18)20-16/h2-6,11-12,15,19H,7-10H2,1H3. The van der Waals surface area contributed by atoms with E-state index in [2.05, 4.69) is 48.6 Å². The van der Waals surface area contributed by atoms with Crippen molar-refractivity contribution in [2.45, 2.75) is 38.1 Å². The molecule has 3 rings (SSSR count). The van der Waals surface area contributed by atoms with E-state index in [1.807, 2.05) is 0 Å². The molecule has 1 aliphatic rings. The number of hydrogen-bond donors (Lipinski definition) is 1. The van der Waals surface area contributed by atoms with Crippen LogP contribution in [0.5, 0.6) is 0 Å². The molecule has 1 aromatic carbocycles. The summed E-state index contributed by atoms with van der Waals surface area (Å²) in [5.74, 6) is 0.607. The van der Waals surface area contributed by atoms with Gasteiger partial charge in [0.2, 0.25) is 0 Å². The molecule has 1 N–H and O–H groups in total. The highest BCUT2D eigenvalue weighted by Gasteiger charge is 2.24. The van der Waals surface area contributed by atoms with Gasteiger partial charge in [-0.2, -0.15) is 0 Å². The average Bonchev–Trinajstić information content (AvgIpc) is 3.00. The molecule has 0 fully saturated rings. The molecule has 2 atom stereocenters. The molecule has 1 heterocycles. The molecule has 0 bridgehead atoms. The highest BCUT2D eigenvalue weighted by atomic mass is 35.5. The predicted molar refractivity (Wildman–Crippen MR) is 87.9 cm³/mol. The first-order chi connectivity index (χ1) is 9.74. The number of halogens is 1. The van der Waals surface area contributed by atoms with Crippen molar-refractivity contribution in [1.29, 1.82) is 0 Å².